The third-order valence-corrected chi connectivity index (χ3v) is 1.95. The number of hydrogen-bond acceptors (Lipinski definition) is 3. The van der Waals surface area contributed by atoms with Gasteiger partial charge in [0.1, 0.15) is 6.29 Å². The lowest BCUT2D eigenvalue weighted by atomic mass is 10.2. The molecule has 0 aromatic carbocycles. The van der Waals surface area contributed by atoms with Crippen LogP contribution in [0.2, 0.25) is 0 Å². The summed E-state index contributed by atoms with van der Waals surface area (Å²) >= 11 is 0. The van der Waals surface area contributed by atoms with E-state index >= 15 is 0 Å². The zero-order valence-corrected chi connectivity index (χ0v) is 7.79. The van der Waals surface area contributed by atoms with Crippen LogP contribution < -0.4 is 5.32 Å². The summed E-state index contributed by atoms with van der Waals surface area (Å²) in [6.45, 7) is 4.89. The van der Waals surface area contributed by atoms with Gasteiger partial charge in [-0.15, -0.1) is 0 Å². The van der Waals surface area contributed by atoms with Gasteiger partial charge in [-0.3, -0.25) is 4.90 Å². The highest BCUT2D eigenvalue weighted by molar-refractivity contribution is 5.56. The monoisotopic (exact) mass is 158 g/mol. The molecule has 0 rings (SSSR count). The van der Waals surface area contributed by atoms with Gasteiger partial charge in [-0.25, -0.2) is 0 Å². The number of nitrogens with one attached hydrogen (secondary N) is 1. The van der Waals surface area contributed by atoms with E-state index < -0.39 is 0 Å². The van der Waals surface area contributed by atoms with Crippen molar-refractivity contribution in [2.24, 2.45) is 0 Å². The van der Waals surface area contributed by atoms with Crippen LogP contribution in [0.3, 0.4) is 0 Å². The summed E-state index contributed by atoms with van der Waals surface area (Å²) in [5, 5.41) is 3.12. The predicted octanol–water partition coefficient (Wildman–Crippen LogP) is 0.113. The molecule has 0 saturated carbocycles. The van der Waals surface area contributed by atoms with E-state index in [-0.39, 0.29) is 6.04 Å². The van der Waals surface area contributed by atoms with Gasteiger partial charge in [0.2, 0.25) is 0 Å². The van der Waals surface area contributed by atoms with Crippen molar-refractivity contribution < 1.29 is 4.79 Å². The van der Waals surface area contributed by atoms with Gasteiger partial charge in [0.05, 0.1) is 6.04 Å². The first kappa shape index (κ1) is 10.6. The topological polar surface area (TPSA) is 32.3 Å². The van der Waals surface area contributed by atoms with E-state index in [4.69, 9.17) is 0 Å². The summed E-state index contributed by atoms with van der Waals surface area (Å²) in [4.78, 5) is 12.4. The molecular weight excluding hydrogens is 140 g/mol. The molecule has 0 amide bonds. The highest BCUT2D eigenvalue weighted by atomic mass is 16.1. The smallest absolute Gasteiger partial charge is 0.136 e. The van der Waals surface area contributed by atoms with Crippen LogP contribution in [0.5, 0.6) is 0 Å². The quantitative estimate of drug-likeness (QED) is 0.577. The molecule has 0 saturated heterocycles. The van der Waals surface area contributed by atoms with E-state index in [9.17, 15) is 4.79 Å². The third kappa shape index (κ3) is 4.11. The van der Waals surface area contributed by atoms with E-state index in [2.05, 4.69) is 12.2 Å². The number of likely N-dealkylation sites (N-methyl/N-ethyl adjacent to an activating group) is 2. The van der Waals surface area contributed by atoms with Gasteiger partial charge in [-0.1, -0.05) is 0 Å². The van der Waals surface area contributed by atoms with Gasteiger partial charge >= 0.3 is 0 Å². The molecule has 0 spiro atoms. The van der Waals surface area contributed by atoms with E-state index in [1.165, 1.54) is 0 Å². The number of nitrogens with zero attached hydrogens (tertiary/aromatic N) is 1. The molecule has 11 heavy (non-hydrogen) atoms. The average Bonchev–Trinajstić information content (AvgIpc) is 2.02. The third-order valence-electron chi connectivity index (χ3n) is 1.95. The SMILES string of the molecule is CNC(C)CN(C)C(C)C=O. The lowest BCUT2D eigenvalue weighted by Gasteiger charge is -2.23. The molecule has 2 atom stereocenters. The second kappa shape index (κ2) is 5.27. The Labute approximate surface area is 68.8 Å². The molecule has 3 nitrogen and oxygen atoms in total. The first-order chi connectivity index (χ1) is 5.11. The lowest BCUT2D eigenvalue weighted by Crippen LogP contribution is -2.40. The van der Waals surface area contributed by atoms with Crippen LogP contribution in [-0.2, 0) is 4.79 Å². The van der Waals surface area contributed by atoms with E-state index in [1.807, 2.05) is 25.9 Å². The Hall–Kier alpha value is -0.410. The van der Waals surface area contributed by atoms with Crippen LogP contribution in [0.25, 0.3) is 0 Å². The maximum absolute atomic E-state index is 10.4. The number of carbonyl (C=O) groups excluding carboxylic acids is 1. The fourth-order valence-electron chi connectivity index (χ4n) is 0.793. The number of rotatable bonds is 5. The minimum absolute atomic E-state index is 0.0193. The summed E-state index contributed by atoms with van der Waals surface area (Å²) in [6.07, 6.45) is 0.961. The minimum Gasteiger partial charge on any atom is -0.316 e. The molecule has 0 radical (unpaired) electrons. The summed E-state index contributed by atoms with van der Waals surface area (Å²) in [5.41, 5.74) is 0. The zero-order valence-electron chi connectivity index (χ0n) is 7.79. The van der Waals surface area contributed by atoms with Crippen molar-refractivity contribution in [2.45, 2.75) is 25.9 Å². The van der Waals surface area contributed by atoms with Crippen molar-refractivity contribution >= 4 is 6.29 Å². The van der Waals surface area contributed by atoms with Gasteiger partial charge in [0, 0.05) is 12.6 Å². The summed E-state index contributed by atoms with van der Waals surface area (Å²) < 4.78 is 0. The Morgan fingerprint density at radius 1 is 1.55 bits per heavy atom. The van der Waals surface area contributed by atoms with Gasteiger partial charge in [-0.2, -0.15) is 0 Å². The van der Waals surface area contributed by atoms with Crippen LogP contribution in [0.4, 0.5) is 0 Å². The first-order valence-electron chi connectivity index (χ1n) is 3.94. The molecule has 0 aromatic rings. The van der Waals surface area contributed by atoms with Crippen LogP contribution >= 0.6 is 0 Å². The van der Waals surface area contributed by atoms with E-state index in [0.717, 1.165) is 12.8 Å². The second-order valence-corrected chi connectivity index (χ2v) is 3.01. The number of carbonyl (C=O) groups is 1. The van der Waals surface area contributed by atoms with Gasteiger partial charge in [0.25, 0.3) is 0 Å². The lowest BCUT2D eigenvalue weighted by molar-refractivity contribution is -0.111. The Balaban J connectivity index is 3.66. The Kier molecular flexibility index (Phi) is 5.07. The van der Waals surface area contributed by atoms with Crippen LogP contribution in [0.15, 0.2) is 0 Å². The normalized spacial score (nSPS) is 16.5. The molecule has 0 aromatic heterocycles. The molecule has 0 fully saturated rings. The minimum atomic E-state index is 0.0193. The van der Waals surface area contributed by atoms with Gasteiger partial charge < -0.3 is 10.1 Å². The largest absolute Gasteiger partial charge is 0.316 e. The Morgan fingerprint density at radius 3 is 2.45 bits per heavy atom. The molecule has 66 valence electrons. The van der Waals surface area contributed by atoms with Crippen LogP contribution in [0.1, 0.15) is 13.8 Å². The van der Waals surface area contributed by atoms with Crippen molar-refractivity contribution in [1.82, 2.24) is 10.2 Å². The van der Waals surface area contributed by atoms with Gasteiger partial charge in [0.15, 0.2) is 0 Å². The molecule has 2 unspecified atom stereocenters. The van der Waals surface area contributed by atoms with Crippen molar-refractivity contribution in [2.75, 3.05) is 20.6 Å². The molecule has 1 N–H and O–H groups in total. The molecule has 0 bridgehead atoms. The highest BCUT2D eigenvalue weighted by Crippen LogP contribution is 1.93. The standard InChI is InChI=1S/C8H18N2O/c1-7(9-3)5-10(4)8(2)6-11/h6-9H,5H2,1-4H3. The van der Waals surface area contributed by atoms with Crippen LogP contribution in [-0.4, -0.2) is 43.9 Å². The predicted molar refractivity (Wildman–Crippen MR) is 46.7 cm³/mol. The maximum Gasteiger partial charge on any atom is 0.136 e. The average molecular weight is 158 g/mol. The Bertz CT molecular complexity index is 117. The fraction of sp³-hybridized carbons (Fsp3) is 0.875. The van der Waals surface area contributed by atoms with Crippen molar-refractivity contribution in [3.63, 3.8) is 0 Å². The van der Waals surface area contributed by atoms with E-state index in [1.54, 1.807) is 0 Å². The first-order valence-corrected chi connectivity index (χ1v) is 3.94. The summed E-state index contributed by atoms with van der Waals surface area (Å²) in [7, 11) is 3.87. The fourth-order valence-corrected chi connectivity index (χ4v) is 0.793. The summed E-state index contributed by atoms with van der Waals surface area (Å²) in [6, 6.07) is 0.452. The molecule has 0 aliphatic heterocycles. The Morgan fingerprint density at radius 2 is 2.09 bits per heavy atom. The highest BCUT2D eigenvalue weighted by Gasteiger charge is 2.09. The van der Waals surface area contributed by atoms with Crippen molar-refractivity contribution in [1.29, 1.82) is 0 Å². The van der Waals surface area contributed by atoms with Crippen LogP contribution in [0, 0.1) is 0 Å². The molecular formula is C8H18N2O. The van der Waals surface area contributed by atoms with Crippen molar-refractivity contribution in [3.05, 3.63) is 0 Å². The number of aldehydes is 1. The van der Waals surface area contributed by atoms with Crippen molar-refractivity contribution in [3.8, 4) is 0 Å². The molecule has 0 aliphatic carbocycles. The summed E-state index contributed by atoms with van der Waals surface area (Å²) in [5.74, 6) is 0. The zero-order chi connectivity index (χ0) is 8.85. The second-order valence-electron chi connectivity index (χ2n) is 3.01. The maximum atomic E-state index is 10.4. The number of hydrogen-bond donors (Lipinski definition) is 1. The van der Waals surface area contributed by atoms with E-state index in [0.29, 0.717) is 6.04 Å². The molecule has 0 aliphatic rings. The molecule has 3 heteroatoms. The molecule has 0 heterocycles. The van der Waals surface area contributed by atoms with Gasteiger partial charge in [-0.05, 0) is 27.9 Å².